The Morgan fingerprint density at radius 3 is 1.16 bits per heavy atom. The van der Waals surface area contributed by atoms with Crippen LogP contribution in [-0.4, -0.2) is 288 Å². The number of thiazole rings is 1. The van der Waals surface area contributed by atoms with Gasteiger partial charge in [0.1, 0.15) is 84.3 Å². The second-order valence-electron chi connectivity index (χ2n) is 18.1. The van der Waals surface area contributed by atoms with Gasteiger partial charge in [0.15, 0.2) is 31.7 Å². The Morgan fingerprint density at radius 2 is 0.986 bits per heavy atom. The third kappa shape index (κ3) is 113. The number of oxazole rings is 1. The van der Waals surface area contributed by atoms with Gasteiger partial charge in [-0.3, -0.25) is 20.3 Å². The quantitative estimate of drug-likeness (QED) is 0.0697. The van der Waals surface area contributed by atoms with Gasteiger partial charge in [-0.25, -0.2) is 48.5 Å². The van der Waals surface area contributed by atoms with Gasteiger partial charge in [0, 0.05) is 94.9 Å². The van der Waals surface area contributed by atoms with Crippen LogP contribution in [0.15, 0.2) is 424 Å². The summed E-state index contributed by atoms with van der Waals surface area (Å²) in [5, 5.41) is 139. The van der Waals surface area contributed by atoms with Crippen molar-refractivity contribution >= 4 is 103 Å². The number of aromatic amines is 9. The SMILES string of the molecule is C1=CNCN1.c1c[nH]cn1.c1cc[nH]c1.c1ccoc1.c1ccsc1.c1cn[nH]c1.c1cn[nH]n1.c1cn[nH]n1.c1cnoc1.c1cnon1.c1cnsc1.c1cnsn1.c1cocn1.c1conn1.c1cscn1.c1csnn1.c1nc[nH]n1.c1nc[nH]n1.c1ncon1.c1ncsn1.c1ncsn1.c1nn[nH]n1.c1nn[nH]n1.c1nnco1.c1nncs1.c1nnno1.c1nnns1.c1nnon1. The van der Waals surface area contributed by atoms with Gasteiger partial charge in [-0.05, 0) is 115 Å². The number of hydrogen-bond acceptors (Lipinski definition) is 67. The van der Waals surface area contributed by atoms with Crippen molar-refractivity contribution in [2.75, 3.05) is 6.67 Å². The molecule has 730 valence electrons. The monoisotopic (exact) mass is 2090 g/mol. The fourth-order valence-electron chi connectivity index (χ4n) is 4.62. The Labute approximate surface area is 821 Å². The van der Waals surface area contributed by atoms with Crippen LogP contribution in [0.4, 0.5) is 0 Å². The third-order valence-corrected chi connectivity index (χ3v) is 13.4. The summed E-state index contributed by atoms with van der Waals surface area (Å²) in [6.07, 6.45) is 66.6. The van der Waals surface area contributed by atoms with Crippen LogP contribution >= 0.6 is 103 Å². The van der Waals surface area contributed by atoms with E-state index in [1.165, 1.54) is 207 Å². The zero-order valence-electron chi connectivity index (χ0n) is 70.9. The molecule has 67 nitrogen and oxygen atoms in total. The van der Waals surface area contributed by atoms with E-state index in [0.29, 0.717) is 0 Å². The van der Waals surface area contributed by atoms with Crippen molar-refractivity contribution in [3.05, 3.63) is 384 Å². The smallest absolute Gasteiger partial charge is 0.235 e. The summed E-state index contributed by atoms with van der Waals surface area (Å²) in [5.41, 5.74) is 10.1. The molecular weight excluding hydrogens is 2010 g/mol. The van der Waals surface area contributed by atoms with Gasteiger partial charge in [-0.1, -0.05) is 62.4 Å². The lowest BCUT2D eigenvalue weighted by Gasteiger charge is -1.82. The highest BCUT2D eigenvalue weighted by atomic mass is 32.1. The van der Waals surface area contributed by atoms with Crippen LogP contribution in [0.5, 0.6) is 0 Å². The van der Waals surface area contributed by atoms with Crippen molar-refractivity contribution in [2.45, 2.75) is 0 Å². The maximum Gasteiger partial charge on any atom is 0.235 e. The summed E-state index contributed by atoms with van der Waals surface area (Å²) in [6.45, 7) is 0.889. The van der Waals surface area contributed by atoms with Crippen molar-refractivity contribution in [3.8, 4) is 0 Å². The molecule has 0 bridgehead atoms. The van der Waals surface area contributed by atoms with Crippen molar-refractivity contribution in [3.63, 3.8) is 0 Å². The highest BCUT2D eigenvalue weighted by molar-refractivity contribution is 7.08. The average molecular weight is 2090 g/mol. The van der Waals surface area contributed by atoms with Crippen molar-refractivity contribution in [1.82, 2.24) is 292 Å². The first-order valence-corrected chi connectivity index (χ1v) is 43.6. The lowest BCUT2D eigenvalue weighted by Crippen LogP contribution is -2.10. The molecule has 27 aromatic rings. The Kier molecular flexibility index (Phi) is 97.6. The van der Waals surface area contributed by atoms with Crippen LogP contribution in [0.3, 0.4) is 0 Å². The predicted octanol–water partition coefficient (Wildman–Crippen LogP) is 7.55. The number of nitrogens with zero attached hydrogens (tertiary/aromatic N) is 47. The lowest BCUT2D eigenvalue weighted by molar-refractivity contribution is 0.292. The molecule has 0 radical (unpaired) electrons. The highest BCUT2D eigenvalue weighted by Gasteiger charge is 1.78. The van der Waals surface area contributed by atoms with Crippen molar-refractivity contribution < 1.29 is 40.6 Å². The van der Waals surface area contributed by atoms with Crippen LogP contribution in [0.1, 0.15) is 0 Å². The van der Waals surface area contributed by atoms with E-state index in [1.54, 1.807) is 174 Å². The molecule has 11 N–H and O–H groups in total. The largest absolute Gasteiger partial charge is 0.473 e. The Hall–Kier alpha value is -19.6. The number of thiophene rings is 1. The number of H-pyrrole nitrogens is 9. The van der Waals surface area contributed by atoms with Crippen molar-refractivity contribution in [2.24, 2.45) is 0 Å². The summed E-state index contributed by atoms with van der Waals surface area (Å²) >= 11 is 12.8. The second kappa shape index (κ2) is 115. The molecule has 1 aliphatic rings. The van der Waals surface area contributed by atoms with Gasteiger partial charge >= 0.3 is 0 Å². The molecule has 0 unspecified atom stereocenters. The lowest BCUT2D eigenvalue weighted by atomic mass is 10.7. The average Bonchev–Trinajstić information content (AvgIpc) is 4.82. The highest BCUT2D eigenvalue weighted by Crippen LogP contribution is 1.92. The zero-order chi connectivity index (χ0) is 99.0. The van der Waals surface area contributed by atoms with E-state index in [4.69, 9.17) is 0 Å². The zero-order valence-corrected chi connectivity index (χ0v) is 78.3. The van der Waals surface area contributed by atoms with Gasteiger partial charge in [0.2, 0.25) is 25.6 Å². The van der Waals surface area contributed by atoms with E-state index < -0.39 is 0 Å². The first-order valence-electron chi connectivity index (χ1n) is 35.9. The minimum atomic E-state index is 0.889. The Morgan fingerprint density at radius 1 is 0.257 bits per heavy atom. The van der Waals surface area contributed by atoms with Crippen LogP contribution in [0, 0.1) is 0 Å². The first kappa shape index (κ1) is 118. The maximum absolute atomic E-state index is 4.58. The molecule has 0 spiro atoms. The van der Waals surface area contributed by atoms with E-state index in [-0.39, 0.29) is 0 Å². The molecule has 0 saturated carbocycles. The number of rotatable bonds is 0. The molecule has 0 saturated heterocycles. The Balaban J connectivity index is 0.000000726. The van der Waals surface area contributed by atoms with E-state index in [2.05, 4.69) is 332 Å². The fraction of sp³-hybridized carbons (Fsp3) is 0.0156. The van der Waals surface area contributed by atoms with Crippen LogP contribution in [0.2, 0.25) is 0 Å². The minimum absolute atomic E-state index is 0.889. The molecule has 76 heteroatoms. The maximum atomic E-state index is 4.58. The fourth-order valence-corrected chi connectivity index (χ4v) is 7.35. The molecule has 28 rings (SSSR count). The van der Waals surface area contributed by atoms with Gasteiger partial charge < -0.3 is 51.9 Å². The van der Waals surface area contributed by atoms with Gasteiger partial charge in [-0.15, -0.1) is 78.8 Å². The third-order valence-electron chi connectivity index (χ3n) is 9.17. The van der Waals surface area contributed by atoms with Gasteiger partial charge in [-0.2, -0.15) is 85.4 Å². The van der Waals surface area contributed by atoms with Crippen LogP contribution < -0.4 is 10.6 Å². The number of aromatic nitrogens is 56. The van der Waals surface area contributed by atoms with Crippen molar-refractivity contribution in [1.29, 1.82) is 0 Å². The number of nitrogens with one attached hydrogen (secondary N) is 11. The topological polar surface area (TPSA) is 890 Å². The molecule has 27 aromatic heterocycles. The molecule has 0 fully saturated rings. The minimum Gasteiger partial charge on any atom is -0.473 e. The number of furan rings is 1. The number of tetrazole rings is 2. The molecule has 140 heavy (non-hydrogen) atoms. The normalized spacial score (nSPS) is 8.34. The molecular formula is C64H76N58O9S9. The molecule has 0 aliphatic carbocycles. The molecule has 0 atom stereocenters. The van der Waals surface area contributed by atoms with Gasteiger partial charge in [0.25, 0.3) is 0 Å². The van der Waals surface area contributed by atoms with Crippen LogP contribution in [0.25, 0.3) is 0 Å². The van der Waals surface area contributed by atoms with E-state index in [1.807, 2.05) is 100 Å². The predicted molar refractivity (Wildman–Crippen MR) is 491 cm³/mol. The molecule has 28 heterocycles. The molecule has 1 aliphatic heterocycles. The van der Waals surface area contributed by atoms with E-state index in [9.17, 15) is 0 Å². The molecule has 0 aromatic carbocycles. The molecule has 0 amide bonds. The summed E-state index contributed by atoms with van der Waals surface area (Å²) in [5.74, 6) is 0. The number of hydrogen-bond donors (Lipinski definition) is 11. The summed E-state index contributed by atoms with van der Waals surface area (Å²) in [6, 6.07) is 17.1. The Bertz CT molecular complexity index is 3580. The van der Waals surface area contributed by atoms with Crippen LogP contribution in [-0.2, 0) is 0 Å². The summed E-state index contributed by atoms with van der Waals surface area (Å²) < 4.78 is 63.7. The van der Waals surface area contributed by atoms with E-state index in [0.717, 1.165) is 13.1 Å². The second-order valence-corrected chi connectivity index (χ2v) is 24.2. The summed E-state index contributed by atoms with van der Waals surface area (Å²) in [7, 11) is 0. The van der Waals surface area contributed by atoms with Gasteiger partial charge in [0.05, 0.1) is 128 Å². The summed E-state index contributed by atoms with van der Waals surface area (Å²) in [4.78, 5) is 34.4. The number of imidazole rings is 1. The van der Waals surface area contributed by atoms with E-state index >= 15 is 0 Å². The standard InChI is InChI=1S/C4H5N.C4H4O.C4H4S.C3H6N2.2C3H4N2.2C3H3NO.2C3H3NS.4C2H3N3.4C2H2N2O.5C2H2N2S.2CH2N4.2CHN3O.CHN3S/c3*1-2-4-5-3-1;2*1-2-5-3-4-1;1-2-4-5-3-1;1-2-5-3-4-1;1-2-4-5-3-1;1-2-5-3-4-1;1-2-4-5-3-1;2*1-3-2-5-4-1;2*1-2-4-5-3-1;1-3-4-2-5-1;1-3-2-5-4-1;1-2-5-4-3-1;1-2-4-5-3-1;1-3-4-2-5-1;2*1-3-2-5-4-1;1-2-5-4-3-1;3*1-2-4-5-3-1;1-2-3-4-5-1;1-2-4-5-3-1;1-2-3-4-5-1/h1-5H;2*1-4H;1-2,4-5H,3H2;2*1-3H,(H,4,5);4*1-3H;4*1-2H,(H,3,4,5);9*1-2H;2*1H,(H,2,3,4,5);3*1H. The first-order chi connectivity index (χ1) is 70.0.